The largest absolute Gasteiger partial charge is 0.459 e. The molecule has 17 heavy (non-hydrogen) atoms. The van der Waals surface area contributed by atoms with Crippen molar-refractivity contribution in [2.75, 3.05) is 0 Å². The van der Waals surface area contributed by atoms with Crippen LogP contribution in [-0.4, -0.2) is 0 Å². The zero-order valence-corrected chi connectivity index (χ0v) is 9.65. The van der Waals surface area contributed by atoms with E-state index in [2.05, 4.69) is 11.3 Å². The molecule has 0 aliphatic heterocycles. The van der Waals surface area contributed by atoms with Gasteiger partial charge in [-0.2, -0.15) is 0 Å². The normalized spacial score (nSPS) is 12.5. The number of furan rings is 1. The van der Waals surface area contributed by atoms with Crippen LogP contribution in [0.5, 0.6) is 0 Å². The summed E-state index contributed by atoms with van der Waals surface area (Å²) < 4.78 is 5.76. The second-order valence-electron chi connectivity index (χ2n) is 4.00. The Bertz CT molecular complexity index is 491. The fourth-order valence-corrected chi connectivity index (χ4v) is 1.89. The summed E-state index contributed by atoms with van der Waals surface area (Å²) in [5, 5.41) is 1.10. The highest BCUT2D eigenvalue weighted by atomic mass is 16.3. The summed E-state index contributed by atoms with van der Waals surface area (Å²) in [5.41, 5.74) is 3.66. The molecule has 0 saturated carbocycles. The molecule has 1 heterocycles. The van der Waals surface area contributed by atoms with Crippen molar-refractivity contribution in [3.8, 4) is 12.3 Å². The van der Waals surface area contributed by atoms with E-state index in [1.807, 2.05) is 30.3 Å². The monoisotopic (exact) mass is 228 g/mol. The van der Waals surface area contributed by atoms with Crippen LogP contribution in [0.3, 0.4) is 0 Å². The van der Waals surface area contributed by atoms with Gasteiger partial charge in [0.15, 0.2) is 0 Å². The molecule has 0 saturated heterocycles. The Morgan fingerprint density at radius 1 is 1.41 bits per heavy atom. The summed E-state index contributed by atoms with van der Waals surface area (Å²) in [6.07, 6.45) is 7.80. The molecular weight excluding hydrogens is 212 g/mol. The average molecular weight is 228 g/mol. The van der Waals surface area contributed by atoms with Crippen LogP contribution in [0.1, 0.15) is 31.1 Å². The summed E-state index contributed by atoms with van der Waals surface area (Å²) in [4.78, 5) is 0. The van der Waals surface area contributed by atoms with Crippen molar-refractivity contribution in [2.45, 2.75) is 25.3 Å². The van der Waals surface area contributed by atoms with E-state index in [1.165, 1.54) is 0 Å². The number of fused-ring (bicyclic) bond motifs is 1. The first kappa shape index (κ1) is 11.7. The summed E-state index contributed by atoms with van der Waals surface area (Å²) in [6.45, 7) is 0. The average Bonchev–Trinajstić information content (AvgIpc) is 2.78. The lowest BCUT2D eigenvalue weighted by molar-refractivity contribution is 0.410. The van der Waals surface area contributed by atoms with Gasteiger partial charge in [-0.05, 0) is 25.0 Å². The summed E-state index contributed by atoms with van der Waals surface area (Å²) >= 11 is 0. The molecule has 0 fully saturated rings. The van der Waals surface area contributed by atoms with E-state index in [0.29, 0.717) is 0 Å². The highest BCUT2D eigenvalue weighted by molar-refractivity contribution is 5.77. The fourth-order valence-electron chi connectivity index (χ4n) is 1.89. The van der Waals surface area contributed by atoms with E-state index in [4.69, 9.17) is 16.7 Å². The van der Waals surface area contributed by atoms with E-state index in [-0.39, 0.29) is 6.04 Å². The van der Waals surface area contributed by atoms with Gasteiger partial charge in [-0.3, -0.25) is 5.84 Å². The van der Waals surface area contributed by atoms with Gasteiger partial charge in [0.25, 0.3) is 0 Å². The molecule has 3 heteroatoms. The van der Waals surface area contributed by atoms with E-state index in [9.17, 15) is 0 Å². The number of benzene rings is 1. The lowest BCUT2D eigenvalue weighted by Gasteiger charge is -2.11. The number of nitrogens with one attached hydrogen (secondary N) is 1. The molecule has 1 aromatic heterocycles. The number of hydrazine groups is 1. The maximum absolute atomic E-state index is 5.76. The molecule has 1 aromatic carbocycles. The smallest absolute Gasteiger partial charge is 0.134 e. The fraction of sp³-hybridized carbons (Fsp3) is 0.286. The van der Waals surface area contributed by atoms with Crippen molar-refractivity contribution >= 4 is 11.0 Å². The van der Waals surface area contributed by atoms with E-state index in [0.717, 1.165) is 36.0 Å². The number of para-hydroxylation sites is 1. The van der Waals surface area contributed by atoms with Crippen molar-refractivity contribution in [1.82, 2.24) is 5.43 Å². The Balaban J connectivity index is 2.16. The van der Waals surface area contributed by atoms with Crippen LogP contribution in [-0.2, 0) is 0 Å². The number of hydrogen-bond donors (Lipinski definition) is 2. The first-order valence-corrected chi connectivity index (χ1v) is 5.73. The minimum absolute atomic E-state index is 0.0238. The highest BCUT2D eigenvalue weighted by Crippen LogP contribution is 2.26. The third kappa shape index (κ3) is 2.68. The van der Waals surface area contributed by atoms with Gasteiger partial charge in [0.2, 0.25) is 0 Å². The molecule has 1 unspecified atom stereocenters. The third-order valence-electron chi connectivity index (χ3n) is 2.80. The zero-order valence-electron chi connectivity index (χ0n) is 9.65. The predicted molar refractivity (Wildman–Crippen MR) is 69.0 cm³/mol. The molecule has 0 amide bonds. The highest BCUT2D eigenvalue weighted by Gasteiger charge is 2.14. The Morgan fingerprint density at radius 3 is 2.94 bits per heavy atom. The number of unbranched alkanes of at least 4 members (excludes halogenated alkanes) is 1. The van der Waals surface area contributed by atoms with Gasteiger partial charge in [-0.15, -0.1) is 12.3 Å². The van der Waals surface area contributed by atoms with Crippen LogP contribution >= 0.6 is 0 Å². The molecule has 0 spiro atoms. The Labute approximate surface area is 101 Å². The van der Waals surface area contributed by atoms with Crippen LogP contribution in [0.2, 0.25) is 0 Å². The lowest BCUT2D eigenvalue weighted by atomic mass is 10.1. The second kappa shape index (κ2) is 5.53. The van der Waals surface area contributed by atoms with E-state index in [1.54, 1.807) is 0 Å². The Hall–Kier alpha value is -1.76. The van der Waals surface area contributed by atoms with E-state index < -0.39 is 0 Å². The number of terminal acetylenes is 1. The van der Waals surface area contributed by atoms with Gasteiger partial charge < -0.3 is 4.42 Å². The topological polar surface area (TPSA) is 51.2 Å². The first-order chi connectivity index (χ1) is 8.35. The molecule has 0 radical (unpaired) electrons. The maximum Gasteiger partial charge on any atom is 0.134 e. The van der Waals surface area contributed by atoms with Gasteiger partial charge in [-0.1, -0.05) is 18.2 Å². The molecule has 0 aliphatic carbocycles. The van der Waals surface area contributed by atoms with Crippen molar-refractivity contribution < 1.29 is 4.42 Å². The molecule has 3 nitrogen and oxygen atoms in total. The quantitative estimate of drug-likeness (QED) is 0.358. The maximum atomic E-state index is 5.76. The standard InChI is InChI=1S/C14H16N2O/c1-2-3-4-8-12(16-15)14-10-11-7-5-6-9-13(11)17-14/h1,5-7,9-10,12,16H,3-4,8,15H2. The van der Waals surface area contributed by atoms with Gasteiger partial charge in [0.05, 0.1) is 6.04 Å². The van der Waals surface area contributed by atoms with Crippen LogP contribution in [0, 0.1) is 12.3 Å². The second-order valence-corrected chi connectivity index (χ2v) is 4.00. The molecule has 1 atom stereocenters. The number of nitrogens with two attached hydrogens (primary N) is 1. The van der Waals surface area contributed by atoms with Crippen molar-refractivity contribution in [3.63, 3.8) is 0 Å². The van der Waals surface area contributed by atoms with Crippen LogP contribution in [0.4, 0.5) is 0 Å². The van der Waals surface area contributed by atoms with Crippen LogP contribution in [0.25, 0.3) is 11.0 Å². The van der Waals surface area contributed by atoms with Gasteiger partial charge in [0, 0.05) is 11.8 Å². The molecule has 2 aromatic rings. The molecule has 0 bridgehead atoms. The van der Waals surface area contributed by atoms with Crippen LogP contribution < -0.4 is 11.3 Å². The first-order valence-electron chi connectivity index (χ1n) is 5.73. The molecule has 3 N–H and O–H groups in total. The Kier molecular flexibility index (Phi) is 3.81. The van der Waals surface area contributed by atoms with Gasteiger partial charge in [-0.25, -0.2) is 5.43 Å². The van der Waals surface area contributed by atoms with Crippen molar-refractivity contribution in [2.24, 2.45) is 5.84 Å². The summed E-state index contributed by atoms with van der Waals surface area (Å²) in [5.74, 6) is 9.04. The molecular formula is C14H16N2O. The Morgan fingerprint density at radius 2 is 2.24 bits per heavy atom. The molecule has 2 rings (SSSR count). The summed E-state index contributed by atoms with van der Waals surface area (Å²) in [7, 11) is 0. The van der Waals surface area contributed by atoms with Crippen molar-refractivity contribution in [3.05, 3.63) is 36.1 Å². The van der Waals surface area contributed by atoms with Crippen LogP contribution in [0.15, 0.2) is 34.7 Å². The van der Waals surface area contributed by atoms with Gasteiger partial charge >= 0.3 is 0 Å². The summed E-state index contributed by atoms with van der Waals surface area (Å²) in [6, 6.07) is 9.97. The minimum Gasteiger partial charge on any atom is -0.459 e. The SMILES string of the molecule is C#CCCCC(NN)c1cc2ccccc2o1. The van der Waals surface area contributed by atoms with Crippen molar-refractivity contribution in [1.29, 1.82) is 0 Å². The van der Waals surface area contributed by atoms with Gasteiger partial charge in [0.1, 0.15) is 11.3 Å². The van der Waals surface area contributed by atoms with E-state index >= 15 is 0 Å². The number of rotatable bonds is 5. The predicted octanol–water partition coefficient (Wildman–Crippen LogP) is 2.74. The molecule has 88 valence electrons. The number of hydrogen-bond acceptors (Lipinski definition) is 3. The molecule has 0 aliphatic rings. The lowest BCUT2D eigenvalue weighted by Crippen LogP contribution is -2.27. The zero-order chi connectivity index (χ0) is 12.1. The minimum atomic E-state index is 0.0238. The third-order valence-corrected chi connectivity index (χ3v) is 2.80.